The lowest BCUT2D eigenvalue weighted by Crippen LogP contribution is -2.36. The van der Waals surface area contributed by atoms with Crippen LogP contribution in [-0.2, 0) is 14.3 Å². The number of hydrogen-bond donors (Lipinski definition) is 1. The molecule has 1 atom stereocenters. The molecule has 0 unspecified atom stereocenters. The van der Waals surface area contributed by atoms with Crippen molar-refractivity contribution in [2.45, 2.75) is 104 Å². The number of carbonyl (C=O) groups is 2. The van der Waals surface area contributed by atoms with Crippen LogP contribution in [0.3, 0.4) is 0 Å². The van der Waals surface area contributed by atoms with Crippen LogP contribution in [0.15, 0.2) is 0 Å². The van der Waals surface area contributed by atoms with E-state index in [1.807, 2.05) is 0 Å². The van der Waals surface area contributed by atoms with Gasteiger partial charge in [0.15, 0.2) is 6.10 Å². The fourth-order valence-corrected chi connectivity index (χ4v) is 2.42. The molecule has 23 heavy (non-hydrogen) atoms. The lowest BCUT2D eigenvalue weighted by molar-refractivity contribution is -0.154. The number of carbonyl (C=O) groups excluding carboxylic acids is 2. The van der Waals surface area contributed by atoms with E-state index in [1.165, 1.54) is 44.9 Å². The topological polar surface area (TPSA) is 55.4 Å². The van der Waals surface area contributed by atoms with Crippen molar-refractivity contribution in [3.05, 3.63) is 0 Å². The van der Waals surface area contributed by atoms with Crippen molar-refractivity contribution in [3.63, 3.8) is 0 Å². The summed E-state index contributed by atoms with van der Waals surface area (Å²) < 4.78 is 5.16. The first kappa shape index (κ1) is 21.9. The van der Waals surface area contributed by atoms with Gasteiger partial charge in [-0.05, 0) is 19.8 Å². The molecule has 0 saturated heterocycles. The van der Waals surface area contributed by atoms with Crippen LogP contribution in [0.1, 0.15) is 97.8 Å². The first-order valence-electron chi connectivity index (χ1n) is 9.59. The highest BCUT2D eigenvalue weighted by Gasteiger charge is 2.16. The first-order valence-corrected chi connectivity index (χ1v) is 9.59. The molecule has 0 aromatic rings. The number of unbranched alkanes of at least 4 members (excludes halogenated alkanes) is 9. The summed E-state index contributed by atoms with van der Waals surface area (Å²) in [6, 6.07) is 0. The molecule has 0 fully saturated rings. The Morgan fingerprint density at radius 2 is 1.35 bits per heavy atom. The molecule has 0 aromatic heterocycles. The van der Waals surface area contributed by atoms with E-state index < -0.39 is 6.10 Å². The highest BCUT2D eigenvalue weighted by atomic mass is 16.5. The second-order valence-electron chi connectivity index (χ2n) is 6.36. The van der Waals surface area contributed by atoms with Gasteiger partial charge in [0.05, 0.1) is 0 Å². The number of rotatable bonds is 15. The zero-order valence-corrected chi connectivity index (χ0v) is 15.5. The SMILES string of the molecule is CCCCCCCCCCCC(=O)O[C@H](C)C(=O)NCCCC. The van der Waals surface area contributed by atoms with Gasteiger partial charge in [0.25, 0.3) is 5.91 Å². The summed E-state index contributed by atoms with van der Waals surface area (Å²) in [7, 11) is 0. The Hall–Kier alpha value is -1.06. The predicted octanol–water partition coefficient (Wildman–Crippen LogP) is 4.76. The minimum Gasteiger partial charge on any atom is -0.453 e. The van der Waals surface area contributed by atoms with Crippen molar-refractivity contribution >= 4 is 11.9 Å². The van der Waals surface area contributed by atoms with Crippen molar-refractivity contribution in [2.75, 3.05) is 6.54 Å². The van der Waals surface area contributed by atoms with Gasteiger partial charge in [0.1, 0.15) is 0 Å². The molecule has 0 aliphatic heterocycles. The van der Waals surface area contributed by atoms with Crippen LogP contribution in [0.4, 0.5) is 0 Å². The van der Waals surface area contributed by atoms with Gasteiger partial charge < -0.3 is 10.1 Å². The summed E-state index contributed by atoms with van der Waals surface area (Å²) >= 11 is 0. The van der Waals surface area contributed by atoms with E-state index in [1.54, 1.807) is 6.92 Å². The van der Waals surface area contributed by atoms with Crippen LogP contribution in [0.2, 0.25) is 0 Å². The average Bonchev–Trinajstić information content (AvgIpc) is 2.53. The highest BCUT2D eigenvalue weighted by molar-refractivity contribution is 5.83. The van der Waals surface area contributed by atoms with Crippen LogP contribution < -0.4 is 5.32 Å². The van der Waals surface area contributed by atoms with E-state index >= 15 is 0 Å². The average molecular weight is 328 g/mol. The van der Waals surface area contributed by atoms with Crippen LogP contribution in [0.5, 0.6) is 0 Å². The molecule has 1 N–H and O–H groups in total. The van der Waals surface area contributed by atoms with Gasteiger partial charge in [0.2, 0.25) is 0 Å². The van der Waals surface area contributed by atoms with E-state index in [0.717, 1.165) is 25.7 Å². The van der Waals surface area contributed by atoms with E-state index in [-0.39, 0.29) is 11.9 Å². The molecule has 4 heteroatoms. The van der Waals surface area contributed by atoms with Gasteiger partial charge in [-0.2, -0.15) is 0 Å². The standard InChI is InChI=1S/C19H37NO3/c1-4-6-8-9-10-11-12-13-14-15-18(21)23-17(3)19(22)20-16-7-5-2/h17H,4-16H2,1-3H3,(H,20,22)/t17-/m1/s1. The highest BCUT2D eigenvalue weighted by Crippen LogP contribution is 2.11. The maximum atomic E-state index is 11.7. The minimum atomic E-state index is -0.682. The van der Waals surface area contributed by atoms with Crippen molar-refractivity contribution < 1.29 is 14.3 Å². The van der Waals surface area contributed by atoms with E-state index in [4.69, 9.17) is 4.74 Å². The Morgan fingerprint density at radius 3 is 1.91 bits per heavy atom. The summed E-state index contributed by atoms with van der Waals surface area (Å²) in [4.78, 5) is 23.4. The zero-order chi connectivity index (χ0) is 17.3. The Balaban J connectivity index is 3.50. The Labute approximate surface area is 142 Å². The summed E-state index contributed by atoms with van der Waals surface area (Å²) in [5.74, 6) is -0.454. The van der Waals surface area contributed by atoms with Crippen LogP contribution in [-0.4, -0.2) is 24.5 Å². The summed E-state index contributed by atoms with van der Waals surface area (Å²) in [6.45, 7) is 6.58. The van der Waals surface area contributed by atoms with E-state index in [9.17, 15) is 9.59 Å². The minimum absolute atomic E-state index is 0.195. The molecule has 0 saturated carbocycles. The Kier molecular flexibility index (Phi) is 15.1. The van der Waals surface area contributed by atoms with Gasteiger partial charge >= 0.3 is 5.97 Å². The molecule has 0 aliphatic rings. The first-order chi connectivity index (χ1) is 11.1. The molecule has 0 aliphatic carbocycles. The van der Waals surface area contributed by atoms with Crippen molar-refractivity contribution in [2.24, 2.45) is 0 Å². The molecule has 136 valence electrons. The largest absolute Gasteiger partial charge is 0.453 e. The van der Waals surface area contributed by atoms with E-state index in [0.29, 0.717) is 13.0 Å². The Morgan fingerprint density at radius 1 is 0.826 bits per heavy atom. The molecule has 4 nitrogen and oxygen atoms in total. The number of amides is 1. The second kappa shape index (κ2) is 15.8. The number of ether oxygens (including phenoxy) is 1. The fraction of sp³-hybridized carbons (Fsp3) is 0.895. The van der Waals surface area contributed by atoms with Gasteiger partial charge in [0, 0.05) is 13.0 Å². The maximum Gasteiger partial charge on any atom is 0.306 e. The molecule has 0 heterocycles. The maximum absolute atomic E-state index is 11.7. The molecule has 0 bridgehead atoms. The lowest BCUT2D eigenvalue weighted by Gasteiger charge is -2.13. The monoisotopic (exact) mass is 327 g/mol. The Bertz CT molecular complexity index is 305. The molecule has 0 rings (SSSR count). The molecular formula is C19H37NO3. The number of hydrogen-bond acceptors (Lipinski definition) is 3. The summed E-state index contributed by atoms with van der Waals surface area (Å²) in [5, 5.41) is 2.78. The third-order valence-corrected chi connectivity index (χ3v) is 3.99. The summed E-state index contributed by atoms with van der Waals surface area (Å²) in [5.41, 5.74) is 0. The number of nitrogens with one attached hydrogen (secondary N) is 1. The lowest BCUT2D eigenvalue weighted by atomic mass is 10.1. The molecule has 1 amide bonds. The fourth-order valence-electron chi connectivity index (χ4n) is 2.42. The van der Waals surface area contributed by atoms with Crippen LogP contribution in [0.25, 0.3) is 0 Å². The summed E-state index contributed by atoms with van der Waals surface area (Å²) in [6.07, 6.45) is 12.7. The zero-order valence-electron chi connectivity index (χ0n) is 15.5. The quantitative estimate of drug-likeness (QED) is 0.349. The molecule has 0 aromatic carbocycles. The van der Waals surface area contributed by atoms with Crippen LogP contribution >= 0.6 is 0 Å². The number of esters is 1. The third kappa shape index (κ3) is 14.3. The normalized spacial score (nSPS) is 12.0. The van der Waals surface area contributed by atoms with Gasteiger partial charge in [-0.25, -0.2) is 0 Å². The molecule has 0 spiro atoms. The van der Waals surface area contributed by atoms with Crippen molar-refractivity contribution in [3.8, 4) is 0 Å². The van der Waals surface area contributed by atoms with Gasteiger partial charge in [-0.1, -0.05) is 71.6 Å². The van der Waals surface area contributed by atoms with Gasteiger partial charge in [-0.3, -0.25) is 9.59 Å². The van der Waals surface area contributed by atoms with Gasteiger partial charge in [-0.15, -0.1) is 0 Å². The van der Waals surface area contributed by atoms with Crippen LogP contribution in [0, 0.1) is 0 Å². The van der Waals surface area contributed by atoms with Crippen molar-refractivity contribution in [1.82, 2.24) is 5.32 Å². The third-order valence-electron chi connectivity index (χ3n) is 3.99. The predicted molar refractivity (Wildman–Crippen MR) is 95.3 cm³/mol. The van der Waals surface area contributed by atoms with Crippen molar-refractivity contribution in [1.29, 1.82) is 0 Å². The molecule has 0 radical (unpaired) electrons. The molecular weight excluding hydrogens is 290 g/mol. The second-order valence-corrected chi connectivity index (χ2v) is 6.36. The van der Waals surface area contributed by atoms with E-state index in [2.05, 4.69) is 19.2 Å². The smallest absolute Gasteiger partial charge is 0.306 e.